The molecule has 5 rings (SSSR count). The smallest absolute Gasteiger partial charge is 0.123 e. The van der Waals surface area contributed by atoms with Crippen molar-refractivity contribution < 1.29 is 14.9 Å². The summed E-state index contributed by atoms with van der Waals surface area (Å²) in [7, 11) is 2.16. The van der Waals surface area contributed by atoms with E-state index in [9.17, 15) is 10.2 Å². The molecule has 0 amide bonds. The van der Waals surface area contributed by atoms with Gasteiger partial charge in [0.1, 0.15) is 23.9 Å². The fourth-order valence-electron chi connectivity index (χ4n) is 5.44. The number of hydrogen-bond donors (Lipinski definition) is 3. The molecule has 1 saturated heterocycles. The number of likely N-dealkylation sites (N-methyl/N-ethyl adjacent to an activating group) is 1. The number of piperazine rings is 1. The lowest BCUT2D eigenvalue weighted by molar-refractivity contribution is 0.134. The molecule has 1 heterocycles. The molecule has 0 radical (unpaired) electrons. The van der Waals surface area contributed by atoms with Crippen molar-refractivity contribution in [1.29, 1.82) is 0 Å². The lowest BCUT2D eigenvalue weighted by atomic mass is 9.84. The summed E-state index contributed by atoms with van der Waals surface area (Å²) in [6.07, 6.45) is 4.74. The van der Waals surface area contributed by atoms with Gasteiger partial charge in [-0.2, -0.15) is 0 Å². The Balaban J connectivity index is 1.29. The van der Waals surface area contributed by atoms with Gasteiger partial charge in [0.25, 0.3) is 0 Å². The van der Waals surface area contributed by atoms with Crippen LogP contribution in [0.5, 0.6) is 17.2 Å². The Hall–Kier alpha value is -3.22. The van der Waals surface area contributed by atoms with Gasteiger partial charge in [-0.25, -0.2) is 0 Å². The van der Waals surface area contributed by atoms with E-state index in [0.29, 0.717) is 24.3 Å². The third-order valence-electron chi connectivity index (χ3n) is 7.69. The minimum Gasteiger partial charge on any atom is -0.508 e. The summed E-state index contributed by atoms with van der Waals surface area (Å²) in [5.41, 5.74) is 13.0. The van der Waals surface area contributed by atoms with Gasteiger partial charge in [0.2, 0.25) is 0 Å². The Morgan fingerprint density at radius 2 is 1.58 bits per heavy atom. The van der Waals surface area contributed by atoms with Gasteiger partial charge in [-0.3, -0.25) is 4.90 Å². The van der Waals surface area contributed by atoms with Crippen molar-refractivity contribution in [2.45, 2.75) is 32.1 Å². The van der Waals surface area contributed by atoms with E-state index in [1.54, 1.807) is 12.1 Å². The molecule has 4 N–H and O–H groups in total. The molecule has 1 aliphatic carbocycles. The summed E-state index contributed by atoms with van der Waals surface area (Å²) in [4.78, 5) is 4.79. The summed E-state index contributed by atoms with van der Waals surface area (Å²) in [5.74, 6) is 1.27. The van der Waals surface area contributed by atoms with Gasteiger partial charge in [-0.15, -0.1) is 0 Å². The van der Waals surface area contributed by atoms with Crippen molar-refractivity contribution in [3.8, 4) is 28.4 Å². The standard InChI is InChI=1S/C30H37N3O3/c1-32-14-16-33(17-15-32)18-19-36-23-9-6-21(7-10-23)20-26-27(34)13-11-25(30(26)31)29-24-5-3-2-4-22(24)8-12-28(29)35/h6-13,34-35H,2-5,14-20,31H2,1H3. The molecule has 0 spiro atoms. The average Bonchev–Trinajstić information content (AvgIpc) is 2.89. The number of nitrogen functional groups attached to an aromatic ring is 1. The molecule has 1 fully saturated rings. The first-order valence-electron chi connectivity index (χ1n) is 13.1. The van der Waals surface area contributed by atoms with Crippen LogP contribution in [0.25, 0.3) is 11.1 Å². The highest BCUT2D eigenvalue weighted by molar-refractivity contribution is 5.86. The number of rotatable bonds is 7. The third kappa shape index (κ3) is 5.30. The molecule has 3 aromatic rings. The highest BCUT2D eigenvalue weighted by Crippen LogP contribution is 2.43. The highest BCUT2D eigenvalue weighted by Gasteiger charge is 2.21. The molecule has 0 atom stereocenters. The van der Waals surface area contributed by atoms with Crippen molar-refractivity contribution in [3.05, 3.63) is 70.8 Å². The number of fused-ring (bicyclic) bond motifs is 1. The van der Waals surface area contributed by atoms with Crippen LogP contribution in [-0.2, 0) is 19.3 Å². The second kappa shape index (κ2) is 10.8. The Morgan fingerprint density at radius 1 is 0.861 bits per heavy atom. The number of aromatic hydroxyl groups is 2. The highest BCUT2D eigenvalue weighted by atomic mass is 16.5. The average molecular weight is 488 g/mol. The topological polar surface area (TPSA) is 82.2 Å². The number of hydrogen-bond acceptors (Lipinski definition) is 6. The van der Waals surface area contributed by atoms with Crippen LogP contribution >= 0.6 is 0 Å². The number of nitrogens with zero attached hydrogens (tertiary/aromatic N) is 2. The molecule has 36 heavy (non-hydrogen) atoms. The Bertz CT molecular complexity index is 1200. The Morgan fingerprint density at radius 3 is 2.36 bits per heavy atom. The van der Waals surface area contributed by atoms with Gasteiger partial charge in [0.05, 0.1) is 0 Å². The number of ether oxygens (including phenoxy) is 1. The first kappa shape index (κ1) is 24.5. The largest absolute Gasteiger partial charge is 0.508 e. The summed E-state index contributed by atoms with van der Waals surface area (Å²) in [6.45, 7) is 6.00. The van der Waals surface area contributed by atoms with E-state index in [1.807, 2.05) is 36.4 Å². The van der Waals surface area contributed by atoms with Gasteiger partial charge in [0.15, 0.2) is 0 Å². The second-order valence-corrected chi connectivity index (χ2v) is 10.1. The Kier molecular flexibility index (Phi) is 7.35. The van der Waals surface area contributed by atoms with Crippen LogP contribution in [-0.4, -0.2) is 66.4 Å². The quantitative estimate of drug-likeness (QED) is 0.428. The lowest BCUT2D eigenvalue weighted by Gasteiger charge is -2.32. The molecule has 0 unspecified atom stereocenters. The van der Waals surface area contributed by atoms with E-state index in [1.165, 1.54) is 17.5 Å². The maximum atomic E-state index is 10.8. The summed E-state index contributed by atoms with van der Waals surface area (Å²) in [5, 5.41) is 21.4. The van der Waals surface area contributed by atoms with Gasteiger partial charge in [-0.05, 0) is 79.8 Å². The van der Waals surface area contributed by atoms with Crippen LogP contribution in [0.15, 0.2) is 48.5 Å². The van der Waals surface area contributed by atoms with E-state index in [4.69, 9.17) is 10.5 Å². The van der Waals surface area contributed by atoms with Crippen LogP contribution in [0, 0.1) is 0 Å². The first-order chi connectivity index (χ1) is 17.5. The number of nitrogens with two attached hydrogens (primary N) is 1. The summed E-state index contributed by atoms with van der Waals surface area (Å²) < 4.78 is 5.97. The normalized spacial score (nSPS) is 16.6. The zero-order valence-corrected chi connectivity index (χ0v) is 21.2. The number of phenols is 2. The minimum atomic E-state index is 0.174. The molecular weight excluding hydrogens is 450 g/mol. The zero-order chi connectivity index (χ0) is 25.1. The first-order valence-corrected chi connectivity index (χ1v) is 13.1. The monoisotopic (exact) mass is 487 g/mol. The maximum absolute atomic E-state index is 10.8. The molecular formula is C30H37N3O3. The van der Waals surface area contributed by atoms with Gasteiger partial charge >= 0.3 is 0 Å². The number of benzene rings is 3. The fraction of sp³-hybridized carbons (Fsp3) is 0.400. The zero-order valence-electron chi connectivity index (χ0n) is 21.2. The number of phenolic OH excluding ortho intramolecular Hbond substituents is 2. The molecule has 0 bridgehead atoms. The van der Waals surface area contributed by atoms with Gasteiger partial charge in [-0.1, -0.05) is 18.2 Å². The van der Waals surface area contributed by atoms with Gasteiger partial charge < -0.3 is 25.6 Å². The van der Waals surface area contributed by atoms with Crippen LogP contribution < -0.4 is 10.5 Å². The number of aryl methyl sites for hydroxylation is 1. The van der Waals surface area contributed by atoms with Crippen molar-refractivity contribution in [3.63, 3.8) is 0 Å². The molecule has 0 aromatic heterocycles. The summed E-state index contributed by atoms with van der Waals surface area (Å²) >= 11 is 0. The van der Waals surface area contributed by atoms with Crippen molar-refractivity contribution >= 4 is 5.69 Å². The van der Waals surface area contributed by atoms with E-state index < -0.39 is 0 Å². The molecule has 6 heteroatoms. The van der Waals surface area contributed by atoms with E-state index in [2.05, 4.69) is 16.8 Å². The molecule has 6 nitrogen and oxygen atoms in total. The van der Waals surface area contributed by atoms with Crippen molar-refractivity contribution in [2.24, 2.45) is 0 Å². The predicted octanol–water partition coefficient (Wildman–Crippen LogP) is 4.44. The van der Waals surface area contributed by atoms with Crippen molar-refractivity contribution in [2.75, 3.05) is 52.1 Å². The predicted molar refractivity (Wildman–Crippen MR) is 145 cm³/mol. The van der Waals surface area contributed by atoms with Crippen LogP contribution in [0.1, 0.15) is 35.1 Å². The van der Waals surface area contributed by atoms with Crippen LogP contribution in [0.2, 0.25) is 0 Å². The Labute approximate surface area is 213 Å². The van der Waals surface area contributed by atoms with E-state index in [0.717, 1.165) is 74.4 Å². The SMILES string of the molecule is CN1CCN(CCOc2ccc(Cc3c(O)ccc(-c4c(O)ccc5c4CCCC5)c3N)cc2)CC1. The van der Waals surface area contributed by atoms with Crippen molar-refractivity contribution in [1.82, 2.24) is 9.80 Å². The molecule has 3 aromatic carbocycles. The number of anilines is 1. The minimum absolute atomic E-state index is 0.174. The maximum Gasteiger partial charge on any atom is 0.123 e. The third-order valence-corrected chi connectivity index (χ3v) is 7.69. The molecule has 190 valence electrons. The lowest BCUT2D eigenvalue weighted by Crippen LogP contribution is -2.45. The molecule has 2 aliphatic rings. The van der Waals surface area contributed by atoms with Gasteiger partial charge in [0, 0.05) is 61.5 Å². The van der Waals surface area contributed by atoms with E-state index >= 15 is 0 Å². The summed E-state index contributed by atoms with van der Waals surface area (Å²) in [6, 6.07) is 15.3. The molecule has 0 saturated carbocycles. The second-order valence-electron chi connectivity index (χ2n) is 10.1. The van der Waals surface area contributed by atoms with Crippen LogP contribution in [0.4, 0.5) is 5.69 Å². The molecule has 1 aliphatic heterocycles. The fourth-order valence-corrected chi connectivity index (χ4v) is 5.44. The van der Waals surface area contributed by atoms with E-state index in [-0.39, 0.29) is 11.5 Å². The van der Waals surface area contributed by atoms with Crippen LogP contribution in [0.3, 0.4) is 0 Å².